The number of rotatable bonds is 7. The van der Waals surface area contributed by atoms with Gasteiger partial charge >= 0.3 is 0 Å². The molecule has 3 rings (SSSR count). The number of nitrogens with one attached hydrogen (secondary N) is 2. The summed E-state index contributed by atoms with van der Waals surface area (Å²) in [5.74, 6) is 0.991. The van der Waals surface area contributed by atoms with E-state index in [0.29, 0.717) is 30.0 Å². The van der Waals surface area contributed by atoms with E-state index in [9.17, 15) is 4.79 Å². The molecule has 2 N–H and O–H groups in total. The topological polar surface area (TPSA) is 76.2 Å². The first-order valence-electron chi connectivity index (χ1n) is 7.78. The third-order valence-electron chi connectivity index (χ3n) is 3.75. The second-order valence-electron chi connectivity index (χ2n) is 5.31. The summed E-state index contributed by atoms with van der Waals surface area (Å²) < 4.78 is 10.4. The van der Waals surface area contributed by atoms with Crippen LogP contribution in [0.3, 0.4) is 0 Å². The Labute approximate surface area is 149 Å². The van der Waals surface area contributed by atoms with Gasteiger partial charge in [-0.15, -0.1) is 11.3 Å². The molecule has 130 valence electrons. The second kappa shape index (κ2) is 7.85. The van der Waals surface area contributed by atoms with Crippen molar-refractivity contribution in [2.24, 2.45) is 0 Å². The molecule has 2 heterocycles. The number of benzene rings is 1. The van der Waals surface area contributed by atoms with Crippen LogP contribution in [-0.4, -0.2) is 36.6 Å². The minimum Gasteiger partial charge on any atom is -0.497 e. The summed E-state index contributed by atoms with van der Waals surface area (Å²) in [6.07, 6.45) is 2.35. The fraction of sp³-hybridized carbons (Fsp3) is 0.222. The van der Waals surface area contributed by atoms with E-state index < -0.39 is 0 Å². The third kappa shape index (κ3) is 4.00. The number of thiophene rings is 1. The highest BCUT2D eigenvalue weighted by atomic mass is 32.1. The Balaban J connectivity index is 1.63. The number of carbonyl (C=O) groups is 1. The van der Waals surface area contributed by atoms with Gasteiger partial charge in [0.25, 0.3) is 5.91 Å². The van der Waals surface area contributed by atoms with Gasteiger partial charge in [-0.3, -0.25) is 4.79 Å². The smallest absolute Gasteiger partial charge is 0.251 e. The molecule has 0 spiro atoms. The van der Waals surface area contributed by atoms with Crippen LogP contribution in [0.15, 0.2) is 42.0 Å². The number of hydrogen-bond acceptors (Lipinski definition) is 5. The largest absolute Gasteiger partial charge is 0.497 e. The maximum absolute atomic E-state index is 12.4. The van der Waals surface area contributed by atoms with Gasteiger partial charge in [-0.1, -0.05) is 6.07 Å². The van der Waals surface area contributed by atoms with Crippen LogP contribution in [0, 0.1) is 0 Å². The van der Waals surface area contributed by atoms with Crippen LogP contribution in [0.5, 0.6) is 11.5 Å². The summed E-state index contributed by atoms with van der Waals surface area (Å²) in [6.45, 7) is 0.499. The van der Waals surface area contributed by atoms with Crippen molar-refractivity contribution in [3.63, 3.8) is 0 Å². The van der Waals surface area contributed by atoms with Crippen molar-refractivity contribution >= 4 is 17.2 Å². The molecule has 0 bridgehead atoms. The number of aromatic nitrogens is 2. The fourth-order valence-electron chi connectivity index (χ4n) is 2.48. The number of aromatic amines is 1. The van der Waals surface area contributed by atoms with Crippen LogP contribution in [0.1, 0.15) is 16.1 Å². The van der Waals surface area contributed by atoms with Crippen LogP contribution < -0.4 is 14.8 Å². The highest BCUT2D eigenvalue weighted by Crippen LogP contribution is 2.25. The van der Waals surface area contributed by atoms with Gasteiger partial charge in [0, 0.05) is 30.3 Å². The number of methoxy groups -OCH3 is 2. The van der Waals surface area contributed by atoms with Crippen molar-refractivity contribution in [1.29, 1.82) is 0 Å². The lowest BCUT2D eigenvalue weighted by Gasteiger charge is -2.09. The van der Waals surface area contributed by atoms with Crippen molar-refractivity contribution in [3.05, 3.63) is 53.3 Å². The average Bonchev–Trinajstić information content (AvgIpc) is 3.32. The van der Waals surface area contributed by atoms with Crippen molar-refractivity contribution in [1.82, 2.24) is 15.3 Å². The number of amides is 1. The third-order valence-corrected chi connectivity index (χ3v) is 4.62. The molecule has 1 amide bonds. The maximum Gasteiger partial charge on any atom is 0.251 e. The summed E-state index contributed by atoms with van der Waals surface area (Å²) in [6, 6.07) is 9.13. The summed E-state index contributed by atoms with van der Waals surface area (Å²) in [5.41, 5.74) is 2.44. The Bertz CT molecular complexity index is 821. The van der Waals surface area contributed by atoms with E-state index in [-0.39, 0.29) is 5.91 Å². The predicted molar refractivity (Wildman–Crippen MR) is 97.5 cm³/mol. The lowest BCUT2D eigenvalue weighted by atomic mass is 10.1. The Morgan fingerprint density at radius 2 is 2.00 bits per heavy atom. The zero-order chi connectivity index (χ0) is 17.6. The van der Waals surface area contributed by atoms with Gasteiger partial charge in [0.15, 0.2) is 0 Å². The van der Waals surface area contributed by atoms with E-state index in [1.807, 2.05) is 17.5 Å². The zero-order valence-electron chi connectivity index (χ0n) is 14.0. The van der Waals surface area contributed by atoms with Gasteiger partial charge in [-0.05, 0) is 23.6 Å². The molecule has 25 heavy (non-hydrogen) atoms. The molecule has 0 unspecified atom stereocenters. The van der Waals surface area contributed by atoms with Gasteiger partial charge < -0.3 is 19.8 Å². The lowest BCUT2D eigenvalue weighted by molar-refractivity contribution is 0.0953. The molecular formula is C18H19N3O3S. The number of imidazole rings is 1. The number of hydrogen-bond donors (Lipinski definition) is 2. The average molecular weight is 357 g/mol. The van der Waals surface area contributed by atoms with E-state index in [2.05, 4.69) is 15.3 Å². The number of carbonyl (C=O) groups excluding carboxylic acids is 1. The molecule has 0 aliphatic rings. The first kappa shape index (κ1) is 17.0. The van der Waals surface area contributed by atoms with Crippen LogP contribution in [0.2, 0.25) is 0 Å². The van der Waals surface area contributed by atoms with Gasteiger partial charge in [-0.25, -0.2) is 4.98 Å². The summed E-state index contributed by atoms with van der Waals surface area (Å²) >= 11 is 1.64. The van der Waals surface area contributed by atoms with Crippen LogP contribution >= 0.6 is 11.3 Å². The highest BCUT2D eigenvalue weighted by molar-refractivity contribution is 7.13. The van der Waals surface area contributed by atoms with Gasteiger partial charge in [0.05, 0.1) is 25.4 Å². The van der Waals surface area contributed by atoms with Crippen molar-refractivity contribution < 1.29 is 14.3 Å². The molecule has 0 saturated heterocycles. The molecule has 1 aromatic carbocycles. The SMILES string of the molecule is COc1cc(OC)cc(C(=O)NCCc2[nH]cnc2-c2cccs2)c1. The predicted octanol–water partition coefficient (Wildman–Crippen LogP) is 3.13. The van der Waals surface area contributed by atoms with Crippen molar-refractivity contribution in [2.75, 3.05) is 20.8 Å². The second-order valence-corrected chi connectivity index (χ2v) is 6.26. The van der Waals surface area contributed by atoms with Gasteiger partial charge in [0.2, 0.25) is 0 Å². The standard InChI is InChI=1S/C18H19N3O3S/c1-23-13-8-12(9-14(10-13)24-2)18(22)19-6-5-15-17(21-11-20-15)16-4-3-7-25-16/h3-4,7-11H,5-6H2,1-2H3,(H,19,22)(H,20,21). The molecule has 0 atom stereocenters. The Kier molecular flexibility index (Phi) is 5.35. The Morgan fingerprint density at radius 1 is 1.24 bits per heavy atom. The van der Waals surface area contributed by atoms with E-state index in [4.69, 9.17) is 9.47 Å². The molecule has 0 saturated carbocycles. The van der Waals surface area contributed by atoms with Crippen LogP contribution in [0.4, 0.5) is 0 Å². The normalized spacial score (nSPS) is 10.5. The Hall–Kier alpha value is -2.80. The molecule has 6 nitrogen and oxygen atoms in total. The maximum atomic E-state index is 12.4. The highest BCUT2D eigenvalue weighted by Gasteiger charge is 2.12. The summed E-state index contributed by atoms with van der Waals surface area (Å²) in [4.78, 5) is 21.0. The molecule has 7 heteroatoms. The number of ether oxygens (including phenoxy) is 2. The minimum absolute atomic E-state index is 0.172. The monoisotopic (exact) mass is 357 g/mol. The van der Waals surface area contributed by atoms with E-state index >= 15 is 0 Å². The van der Waals surface area contributed by atoms with Crippen LogP contribution in [-0.2, 0) is 6.42 Å². The summed E-state index contributed by atoms with van der Waals surface area (Å²) in [7, 11) is 3.11. The van der Waals surface area contributed by atoms with Crippen molar-refractivity contribution in [3.8, 4) is 22.1 Å². The molecular weight excluding hydrogens is 338 g/mol. The van der Waals surface area contributed by atoms with E-state index in [1.165, 1.54) is 0 Å². The lowest BCUT2D eigenvalue weighted by Crippen LogP contribution is -2.26. The first-order chi connectivity index (χ1) is 12.2. The number of nitrogens with zero attached hydrogens (tertiary/aromatic N) is 1. The molecule has 0 aliphatic heterocycles. The molecule has 0 aliphatic carbocycles. The zero-order valence-corrected chi connectivity index (χ0v) is 14.9. The van der Waals surface area contributed by atoms with E-state index in [0.717, 1.165) is 16.3 Å². The quantitative estimate of drug-likeness (QED) is 0.681. The molecule has 0 fully saturated rings. The van der Waals surface area contributed by atoms with Gasteiger partial charge in [-0.2, -0.15) is 0 Å². The molecule has 0 radical (unpaired) electrons. The van der Waals surface area contributed by atoms with E-state index in [1.54, 1.807) is 50.1 Å². The minimum atomic E-state index is -0.172. The van der Waals surface area contributed by atoms with Crippen LogP contribution in [0.25, 0.3) is 10.6 Å². The van der Waals surface area contributed by atoms with Crippen molar-refractivity contribution in [2.45, 2.75) is 6.42 Å². The fourth-order valence-corrected chi connectivity index (χ4v) is 3.23. The molecule has 3 aromatic rings. The number of H-pyrrole nitrogens is 1. The van der Waals surface area contributed by atoms with Gasteiger partial charge in [0.1, 0.15) is 17.2 Å². The first-order valence-corrected chi connectivity index (χ1v) is 8.66. The summed E-state index contributed by atoms with van der Waals surface area (Å²) in [5, 5.41) is 4.94. The molecule has 2 aromatic heterocycles. The Morgan fingerprint density at radius 3 is 2.64 bits per heavy atom.